The highest BCUT2D eigenvalue weighted by Gasteiger charge is 2.25. The molecular formula is C12H14ClN3O2S2. The highest BCUT2D eigenvalue weighted by Crippen LogP contribution is 2.30. The molecule has 8 heteroatoms. The molecule has 1 aromatic carbocycles. The first kappa shape index (κ1) is 15.2. The Morgan fingerprint density at radius 1 is 1.35 bits per heavy atom. The van der Waals surface area contributed by atoms with E-state index in [1.807, 2.05) is 18.4 Å². The van der Waals surface area contributed by atoms with E-state index in [4.69, 9.17) is 11.6 Å². The van der Waals surface area contributed by atoms with Crippen LogP contribution in [0.1, 0.15) is 5.69 Å². The molecule has 1 N–H and O–H groups in total. The maximum absolute atomic E-state index is 12.5. The average Bonchev–Trinajstić information content (AvgIpc) is 2.63. The predicted molar refractivity (Wildman–Crippen MR) is 82.0 cm³/mol. The Morgan fingerprint density at radius 3 is 2.55 bits per heavy atom. The Kier molecular flexibility index (Phi) is 4.31. The summed E-state index contributed by atoms with van der Waals surface area (Å²) in [5.41, 5.74) is 0.894. The van der Waals surface area contributed by atoms with Gasteiger partial charge in [0.1, 0.15) is 10.0 Å². The van der Waals surface area contributed by atoms with Crippen molar-refractivity contribution in [2.24, 2.45) is 7.05 Å². The number of para-hydroxylation sites is 1. The van der Waals surface area contributed by atoms with Crippen LogP contribution in [0.25, 0.3) is 0 Å². The summed E-state index contributed by atoms with van der Waals surface area (Å²) < 4.78 is 28.8. The van der Waals surface area contributed by atoms with E-state index in [0.717, 1.165) is 4.90 Å². The van der Waals surface area contributed by atoms with Gasteiger partial charge in [0.15, 0.2) is 0 Å². The lowest BCUT2D eigenvalue weighted by molar-refractivity contribution is 0.600. The molecule has 0 amide bonds. The van der Waals surface area contributed by atoms with Crippen LogP contribution in [0.5, 0.6) is 0 Å². The Labute approximate surface area is 127 Å². The average molecular weight is 332 g/mol. The van der Waals surface area contributed by atoms with Crippen LogP contribution in [0.15, 0.2) is 34.1 Å². The monoisotopic (exact) mass is 331 g/mol. The number of nitrogens with one attached hydrogen (secondary N) is 1. The third-order valence-electron chi connectivity index (χ3n) is 2.72. The summed E-state index contributed by atoms with van der Waals surface area (Å²) in [4.78, 5) is 0.853. The van der Waals surface area contributed by atoms with Crippen LogP contribution in [0, 0.1) is 6.92 Å². The lowest BCUT2D eigenvalue weighted by Gasteiger charge is -2.11. The lowest BCUT2D eigenvalue weighted by Crippen LogP contribution is -2.14. The fourth-order valence-electron chi connectivity index (χ4n) is 1.84. The molecule has 2 aromatic rings. The Balaban J connectivity index is 2.46. The molecule has 0 aliphatic rings. The second-order valence-corrected chi connectivity index (χ2v) is 6.96. The van der Waals surface area contributed by atoms with E-state index in [-0.39, 0.29) is 10.0 Å². The van der Waals surface area contributed by atoms with Crippen molar-refractivity contribution in [3.05, 3.63) is 35.1 Å². The molecule has 2 rings (SSSR count). The van der Waals surface area contributed by atoms with Crippen LogP contribution in [0.2, 0.25) is 5.15 Å². The molecule has 1 heterocycles. The first-order chi connectivity index (χ1) is 9.36. The number of aryl methyl sites for hydroxylation is 2. The van der Waals surface area contributed by atoms with Gasteiger partial charge in [0.25, 0.3) is 10.0 Å². The van der Waals surface area contributed by atoms with Gasteiger partial charge in [-0.05, 0) is 25.3 Å². The maximum Gasteiger partial charge on any atom is 0.266 e. The summed E-state index contributed by atoms with van der Waals surface area (Å²) in [6, 6.07) is 7.18. The van der Waals surface area contributed by atoms with Crippen LogP contribution in [-0.4, -0.2) is 24.5 Å². The summed E-state index contributed by atoms with van der Waals surface area (Å²) in [6.45, 7) is 1.61. The molecule has 108 valence electrons. The Hall–Kier alpha value is -1.18. The molecule has 1 aromatic heterocycles. The highest BCUT2D eigenvalue weighted by molar-refractivity contribution is 7.99. The fraction of sp³-hybridized carbons (Fsp3) is 0.250. The third-order valence-corrected chi connectivity index (χ3v) is 5.58. The van der Waals surface area contributed by atoms with Gasteiger partial charge in [-0.2, -0.15) is 5.10 Å². The topological polar surface area (TPSA) is 64.0 Å². The minimum absolute atomic E-state index is 0.0116. The zero-order valence-electron chi connectivity index (χ0n) is 11.2. The van der Waals surface area contributed by atoms with Gasteiger partial charge in [-0.15, -0.1) is 11.8 Å². The second kappa shape index (κ2) is 5.67. The molecule has 0 bridgehead atoms. The minimum atomic E-state index is -3.77. The van der Waals surface area contributed by atoms with E-state index in [0.29, 0.717) is 11.4 Å². The van der Waals surface area contributed by atoms with E-state index in [9.17, 15) is 8.42 Å². The van der Waals surface area contributed by atoms with Crippen molar-refractivity contribution in [2.75, 3.05) is 11.0 Å². The van der Waals surface area contributed by atoms with Crippen LogP contribution in [0.3, 0.4) is 0 Å². The maximum atomic E-state index is 12.5. The summed E-state index contributed by atoms with van der Waals surface area (Å²) >= 11 is 7.48. The molecule has 0 fully saturated rings. The Bertz CT molecular complexity index is 741. The van der Waals surface area contributed by atoms with Gasteiger partial charge < -0.3 is 0 Å². The number of benzene rings is 1. The van der Waals surface area contributed by atoms with Gasteiger partial charge >= 0.3 is 0 Å². The largest absolute Gasteiger partial charge is 0.278 e. The van der Waals surface area contributed by atoms with Gasteiger partial charge in [0.2, 0.25) is 0 Å². The molecule has 0 saturated heterocycles. The van der Waals surface area contributed by atoms with Crippen molar-refractivity contribution in [3.63, 3.8) is 0 Å². The number of aromatic nitrogens is 2. The van der Waals surface area contributed by atoms with E-state index >= 15 is 0 Å². The molecule has 0 radical (unpaired) electrons. The van der Waals surface area contributed by atoms with Gasteiger partial charge in [0, 0.05) is 11.9 Å². The number of hydrogen-bond donors (Lipinski definition) is 1. The van der Waals surface area contributed by atoms with Crippen molar-refractivity contribution in [3.8, 4) is 0 Å². The molecule has 0 saturated carbocycles. The minimum Gasteiger partial charge on any atom is -0.278 e. The summed E-state index contributed by atoms with van der Waals surface area (Å²) in [5, 5.41) is 4.12. The normalized spacial score (nSPS) is 11.6. The molecule has 0 atom stereocenters. The number of anilines is 1. The second-order valence-electron chi connectivity index (χ2n) is 4.13. The number of nitrogens with zero attached hydrogens (tertiary/aromatic N) is 2. The van der Waals surface area contributed by atoms with Gasteiger partial charge in [-0.3, -0.25) is 9.40 Å². The number of hydrogen-bond acceptors (Lipinski definition) is 4. The predicted octanol–water partition coefficient (Wildman–Crippen LogP) is 2.90. The zero-order valence-corrected chi connectivity index (χ0v) is 13.6. The molecule has 0 spiro atoms. The Morgan fingerprint density at radius 2 is 2.00 bits per heavy atom. The number of rotatable bonds is 4. The van der Waals surface area contributed by atoms with Crippen molar-refractivity contribution < 1.29 is 8.42 Å². The molecule has 20 heavy (non-hydrogen) atoms. The van der Waals surface area contributed by atoms with Gasteiger partial charge in [-0.1, -0.05) is 23.7 Å². The molecule has 0 aliphatic carbocycles. The fourth-order valence-corrected chi connectivity index (χ4v) is 4.29. The third kappa shape index (κ3) is 2.79. The van der Waals surface area contributed by atoms with Crippen molar-refractivity contribution in [1.82, 2.24) is 9.78 Å². The van der Waals surface area contributed by atoms with Crippen molar-refractivity contribution >= 4 is 39.1 Å². The van der Waals surface area contributed by atoms with Crippen LogP contribution in [0.4, 0.5) is 5.69 Å². The number of sulfonamides is 1. The van der Waals surface area contributed by atoms with E-state index in [2.05, 4.69) is 9.82 Å². The highest BCUT2D eigenvalue weighted by atomic mass is 35.5. The lowest BCUT2D eigenvalue weighted by atomic mass is 10.3. The van der Waals surface area contributed by atoms with Crippen molar-refractivity contribution in [2.45, 2.75) is 16.7 Å². The summed E-state index contributed by atoms with van der Waals surface area (Å²) in [6.07, 6.45) is 1.88. The number of thioether (sulfide) groups is 1. The molecule has 0 unspecified atom stereocenters. The van der Waals surface area contributed by atoms with E-state index < -0.39 is 10.0 Å². The van der Waals surface area contributed by atoms with Crippen LogP contribution < -0.4 is 4.72 Å². The molecule has 0 aliphatic heterocycles. The SMILES string of the molecule is CSc1ccccc1NS(=O)(=O)c1c(C)nn(C)c1Cl. The standard InChI is InChI=1S/C12H14ClN3O2S2/c1-8-11(12(13)16(2)14-8)20(17,18)15-9-6-4-5-7-10(9)19-3/h4-7,15H,1-3H3. The van der Waals surface area contributed by atoms with Gasteiger partial charge in [-0.25, -0.2) is 8.42 Å². The summed E-state index contributed by atoms with van der Waals surface area (Å²) in [5.74, 6) is 0. The quantitative estimate of drug-likeness (QED) is 0.875. The molecular weight excluding hydrogens is 318 g/mol. The van der Waals surface area contributed by atoms with Gasteiger partial charge in [0.05, 0.1) is 11.4 Å². The zero-order chi connectivity index (χ0) is 14.9. The van der Waals surface area contributed by atoms with E-state index in [1.165, 1.54) is 16.4 Å². The van der Waals surface area contributed by atoms with Crippen LogP contribution >= 0.6 is 23.4 Å². The van der Waals surface area contributed by atoms with Crippen LogP contribution in [-0.2, 0) is 17.1 Å². The smallest absolute Gasteiger partial charge is 0.266 e. The van der Waals surface area contributed by atoms with Crippen molar-refractivity contribution in [1.29, 1.82) is 0 Å². The first-order valence-electron chi connectivity index (χ1n) is 5.71. The first-order valence-corrected chi connectivity index (χ1v) is 8.80. The molecule has 5 nitrogen and oxygen atoms in total. The summed E-state index contributed by atoms with van der Waals surface area (Å²) in [7, 11) is -2.16. The van der Waals surface area contributed by atoms with E-state index in [1.54, 1.807) is 26.1 Å². The number of halogens is 1.